The fourth-order valence-corrected chi connectivity index (χ4v) is 6.79. The van der Waals surface area contributed by atoms with Gasteiger partial charge in [-0.1, -0.05) is 48.7 Å². The third-order valence-corrected chi connectivity index (χ3v) is 8.63. The molecular formula is C25H36Cl2N2OS. The van der Waals surface area contributed by atoms with Gasteiger partial charge < -0.3 is 9.64 Å². The number of unbranched alkanes of at least 4 members (excludes halogenated alkanes) is 1. The Bertz CT molecular complexity index is 738. The van der Waals surface area contributed by atoms with Crippen molar-refractivity contribution >= 4 is 35.0 Å². The van der Waals surface area contributed by atoms with Gasteiger partial charge in [-0.15, -0.1) is 11.8 Å². The Labute approximate surface area is 202 Å². The highest BCUT2D eigenvalue weighted by molar-refractivity contribution is 8.02. The molecule has 3 nitrogen and oxygen atoms in total. The van der Waals surface area contributed by atoms with Gasteiger partial charge in [0, 0.05) is 61.7 Å². The minimum absolute atomic E-state index is 0.472. The van der Waals surface area contributed by atoms with E-state index >= 15 is 0 Å². The van der Waals surface area contributed by atoms with Crippen LogP contribution in [0.1, 0.15) is 38.2 Å². The van der Waals surface area contributed by atoms with E-state index in [-0.39, 0.29) is 0 Å². The molecule has 0 bridgehead atoms. The van der Waals surface area contributed by atoms with Gasteiger partial charge in [0.05, 0.1) is 6.10 Å². The van der Waals surface area contributed by atoms with Crippen molar-refractivity contribution in [2.24, 2.45) is 17.8 Å². The van der Waals surface area contributed by atoms with E-state index in [1.165, 1.54) is 56.6 Å². The minimum atomic E-state index is 0.472. The maximum Gasteiger partial charge on any atom is 0.0599 e. The van der Waals surface area contributed by atoms with Gasteiger partial charge in [0.1, 0.15) is 0 Å². The van der Waals surface area contributed by atoms with Crippen LogP contribution in [0.15, 0.2) is 29.7 Å². The number of rotatable bonds is 9. The van der Waals surface area contributed by atoms with Gasteiger partial charge in [0.2, 0.25) is 0 Å². The van der Waals surface area contributed by atoms with Gasteiger partial charge in [-0.25, -0.2) is 0 Å². The molecule has 3 aliphatic rings. The molecule has 3 heterocycles. The number of piperidine rings is 1. The highest BCUT2D eigenvalue weighted by Crippen LogP contribution is 2.38. The first kappa shape index (κ1) is 23.9. The molecule has 0 aromatic heterocycles. The van der Waals surface area contributed by atoms with Crippen LogP contribution in [0.25, 0.3) is 0 Å². The summed E-state index contributed by atoms with van der Waals surface area (Å²) in [6, 6.07) is 5.91. The highest BCUT2D eigenvalue weighted by atomic mass is 35.5. The number of ether oxygens (including phenoxy) is 1. The van der Waals surface area contributed by atoms with E-state index in [1.54, 1.807) is 0 Å². The molecule has 1 aromatic carbocycles. The Morgan fingerprint density at radius 3 is 2.68 bits per heavy atom. The van der Waals surface area contributed by atoms with E-state index < -0.39 is 0 Å². The first-order valence-corrected chi connectivity index (χ1v) is 13.7. The predicted octanol–water partition coefficient (Wildman–Crippen LogP) is 6.20. The average Bonchev–Trinajstić information content (AvgIpc) is 3.42. The Balaban J connectivity index is 1.33. The molecule has 0 spiro atoms. The number of likely N-dealkylation sites (tertiary alicyclic amines) is 2. The number of nitrogens with zero attached hydrogens (tertiary/aromatic N) is 2. The summed E-state index contributed by atoms with van der Waals surface area (Å²) < 4.78 is 6.08. The van der Waals surface area contributed by atoms with Gasteiger partial charge in [-0.2, -0.15) is 0 Å². The summed E-state index contributed by atoms with van der Waals surface area (Å²) in [6.07, 6.45) is 7.70. The van der Waals surface area contributed by atoms with E-state index in [9.17, 15) is 0 Å². The zero-order valence-electron chi connectivity index (χ0n) is 18.6. The first-order valence-electron chi connectivity index (χ1n) is 11.9. The largest absolute Gasteiger partial charge is 0.378 e. The number of thioether (sulfide) groups is 1. The number of hydrogen-bond donors (Lipinski definition) is 0. The van der Waals surface area contributed by atoms with E-state index in [1.807, 2.05) is 23.9 Å². The Hall–Kier alpha value is -0.230. The fourth-order valence-electron chi connectivity index (χ4n) is 5.32. The summed E-state index contributed by atoms with van der Waals surface area (Å²) in [4.78, 5) is 5.31. The topological polar surface area (TPSA) is 15.7 Å². The molecule has 3 atom stereocenters. The fraction of sp³-hybridized carbons (Fsp3) is 0.680. The molecule has 0 saturated carbocycles. The van der Waals surface area contributed by atoms with E-state index in [0.717, 1.165) is 43.1 Å². The molecule has 0 aliphatic carbocycles. The van der Waals surface area contributed by atoms with E-state index in [0.29, 0.717) is 17.0 Å². The molecule has 172 valence electrons. The third-order valence-electron chi connectivity index (χ3n) is 7.12. The lowest BCUT2D eigenvalue weighted by Crippen LogP contribution is -2.41. The maximum atomic E-state index is 6.48. The highest BCUT2D eigenvalue weighted by Gasteiger charge is 2.39. The standard InChI is InChI=1S/C25H36Cl2N2OS/c1-2-3-11-30-23-6-9-28(10-7-23)15-21-16-29(17-24(21)20-8-12-31-18-20)14-19-4-5-22(26)13-25(19)27/h4-5,8,12-13,20-21,23-24H,2-3,6-7,9-11,14-18H2,1H3/t20?,21?,24-/m1/s1. The second kappa shape index (κ2) is 11.8. The van der Waals surface area contributed by atoms with Crippen LogP contribution >= 0.6 is 35.0 Å². The number of halogens is 2. The Kier molecular flexibility index (Phi) is 9.07. The average molecular weight is 484 g/mol. The second-order valence-corrected chi connectivity index (χ2v) is 11.2. The lowest BCUT2D eigenvalue weighted by molar-refractivity contribution is 0.00231. The normalized spacial score (nSPS) is 28.0. The van der Waals surface area contributed by atoms with Crippen LogP contribution in [-0.2, 0) is 11.3 Å². The third kappa shape index (κ3) is 6.65. The maximum absolute atomic E-state index is 6.48. The first-order chi connectivity index (χ1) is 15.1. The second-order valence-electron chi connectivity index (χ2n) is 9.40. The van der Waals surface area contributed by atoms with Gasteiger partial charge >= 0.3 is 0 Å². The zero-order chi connectivity index (χ0) is 21.6. The van der Waals surface area contributed by atoms with Crippen molar-refractivity contribution in [1.29, 1.82) is 0 Å². The van der Waals surface area contributed by atoms with Crippen molar-refractivity contribution in [3.05, 3.63) is 45.3 Å². The van der Waals surface area contributed by atoms with E-state index in [2.05, 4.69) is 34.3 Å². The molecule has 2 fully saturated rings. The van der Waals surface area contributed by atoms with Gasteiger partial charge in [0.25, 0.3) is 0 Å². The molecule has 3 aliphatic heterocycles. The summed E-state index contributed by atoms with van der Waals surface area (Å²) in [5.74, 6) is 3.40. The van der Waals surface area contributed by atoms with Crippen molar-refractivity contribution in [2.45, 2.75) is 45.3 Å². The lowest BCUT2D eigenvalue weighted by atomic mass is 9.84. The van der Waals surface area contributed by atoms with Crippen molar-refractivity contribution < 1.29 is 4.74 Å². The molecule has 2 saturated heterocycles. The van der Waals surface area contributed by atoms with Gasteiger partial charge in [-0.3, -0.25) is 4.90 Å². The minimum Gasteiger partial charge on any atom is -0.378 e. The molecule has 1 aromatic rings. The number of hydrogen-bond acceptors (Lipinski definition) is 4. The summed E-state index contributed by atoms with van der Waals surface area (Å²) in [5, 5.41) is 3.80. The van der Waals surface area contributed by atoms with E-state index in [4.69, 9.17) is 27.9 Å². The van der Waals surface area contributed by atoms with Crippen LogP contribution < -0.4 is 0 Å². The molecule has 6 heteroatoms. The summed E-state index contributed by atoms with van der Waals surface area (Å²) >= 11 is 14.5. The van der Waals surface area contributed by atoms with Crippen LogP contribution in [0, 0.1) is 17.8 Å². The summed E-state index contributed by atoms with van der Waals surface area (Å²) in [6.45, 7) is 9.97. The predicted molar refractivity (Wildman–Crippen MR) is 134 cm³/mol. The summed E-state index contributed by atoms with van der Waals surface area (Å²) in [7, 11) is 0. The van der Waals surface area contributed by atoms with Crippen LogP contribution in [0.2, 0.25) is 10.0 Å². The van der Waals surface area contributed by atoms with Crippen molar-refractivity contribution in [2.75, 3.05) is 45.1 Å². The van der Waals surface area contributed by atoms with Crippen LogP contribution in [0.5, 0.6) is 0 Å². The smallest absolute Gasteiger partial charge is 0.0599 e. The summed E-state index contributed by atoms with van der Waals surface area (Å²) in [5.41, 5.74) is 1.19. The van der Waals surface area contributed by atoms with Gasteiger partial charge in [-0.05, 0) is 60.1 Å². The van der Waals surface area contributed by atoms with Crippen molar-refractivity contribution in [1.82, 2.24) is 9.80 Å². The molecule has 2 unspecified atom stereocenters. The van der Waals surface area contributed by atoms with Crippen molar-refractivity contribution in [3.63, 3.8) is 0 Å². The molecule has 0 amide bonds. The quantitative estimate of drug-likeness (QED) is 0.389. The monoisotopic (exact) mass is 482 g/mol. The Morgan fingerprint density at radius 2 is 1.97 bits per heavy atom. The Morgan fingerprint density at radius 1 is 1.13 bits per heavy atom. The SMILES string of the molecule is CCCCOC1CCN(CC2CN(Cc3ccc(Cl)cc3Cl)C[C@@H]2C2C=CSC2)CC1. The zero-order valence-corrected chi connectivity index (χ0v) is 21.0. The lowest BCUT2D eigenvalue weighted by Gasteiger charge is -2.35. The number of benzene rings is 1. The molecular weight excluding hydrogens is 447 g/mol. The molecule has 0 radical (unpaired) electrons. The molecule has 0 N–H and O–H groups in total. The van der Waals surface area contributed by atoms with Crippen LogP contribution in [0.3, 0.4) is 0 Å². The van der Waals surface area contributed by atoms with Crippen molar-refractivity contribution in [3.8, 4) is 0 Å². The van der Waals surface area contributed by atoms with Gasteiger partial charge in [0.15, 0.2) is 0 Å². The number of allylic oxidation sites excluding steroid dienone is 1. The van der Waals surface area contributed by atoms with Crippen LogP contribution in [0.4, 0.5) is 0 Å². The molecule has 4 rings (SSSR count). The molecule has 31 heavy (non-hydrogen) atoms. The van der Waals surface area contributed by atoms with Crippen LogP contribution in [-0.4, -0.2) is 61.0 Å².